The van der Waals surface area contributed by atoms with Gasteiger partial charge in [-0.2, -0.15) is 10.2 Å². The van der Waals surface area contributed by atoms with Gasteiger partial charge >= 0.3 is 0 Å². The molecule has 0 radical (unpaired) electrons. The third-order valence-corrected chi connectivity index (χ3v) is 5.71. The lowest BCUT2D eigenvalue weighted by atomic mass is 10.0. The Kier molecular flexibility index (Phi) is 3.91. The van der Waals surface area contributed by atoms with Gasteiger partial charge in [-0.1, -0.05) is 18.2 Å². The van der Waals surface area contributed by atoms with Gasteiger partial charge in [-0.3, -0.25) is 9.78 Å². The van der Waals surface area contributed by atoms with Gasteiger partial charge in [-0.25, -0.2) is 4.39 Å². The lowest BCUT2D eigenvalue weighted by Crippen LogP contribution is -1.84. The maximum Gasteiger partial charge on any atom is 0.127 e. The Labute approximate surface area is 182 Å². The van der Waals surface area contributed by atoms with E-state index in [1.807, 2.05) is 55.8 Å². The Morgan fingerprint density at radius 1 is 0.906 bits per heavy atom. The smallest absolute Gasteiger partial charge is 0.127 e. The molecule has 156 valence electrons. The molecule has 0 aliphatic heterocycles. The Bertz CT molecular complexity index is 1600. The number of aryl methyl sites for hydroxylation is 1. The first-order valence-electron chi connectivity index (χ1n) is 10.1. The Morgan fingerprint density at radius 3 is 2.62 bits per heavy atom. The second-order valence-corrected chi connectivity index (χ2v) is 7.88. The monoisotopic (exact) mass is 423 g/mol. The topological polar surface area (TPSA) is 82.5 Å². The number of phenols is 1. The molecular weight excluding hydrogens is 405 g/mol. The minimum atomic E-state index is -0.478. The molecule has 7 heteroatoms. The van der Waals surface area contributed by atoms with Crippen molar-refractivity contribution in [2.75, 3.05) is 0 Å². The van der Waals surface area contributed by atoms with Crippen molar-refractivity contribution in [3.63, 3.8) is 0 Å². The van der Waals surface area contributed by atoms with Crippen LogP contribution in [-0.4, -0.2) is 30.1 Å². The molecule has 6 rings (SSSR count). The molecule has 0 aliphatic rings. The SMILES string of the molecule is Cn1cc(-c2ccc3[nH]nc(-c4cc5c(-c6cc(O)cc(F)c6)cccc5[nH]4)c3c2)cn1. The Morgan fingerprint density at radius 2 is 1.81 bits per heavy atom. The second kappa shape index (κ2) is 6.81. The van der Waals surface area contributed by atoms with E-state index in [2.05, 4.69) is 26.3 Å². The van der Waals surface area contributed by atoms with Crippen molar-refractivity contribution in [1.29, 1.82) is 0 Å². The van der Waals surface area contributed by atoms with Crippen LogP contribution in [-0.2, 0) is 7.05 Å². The van der Waals surface area contributed by atoms with Crippen molar-refractivity contribution in [2.24, 2.45) is 7.05 Å². The van der Waals surface area contributed by atoms with Crippen LogP contribution >= 0.6 is 0 Å². The summed E-state index contributed by atoms with van der Waals surface area (Å²) in [6, 6.07) is 18.0. The number of halogens is 1. The van der Waals surface area contributed by atoms with Gasteiger partial charge in [0.05, 0.1) is 17.4 Å². The predicted molar refractivity (Wildman–Crippen MR) is 123 cm³/mol. The van der Waals surface area contributed by atoms with Gasteiger partial charge in [0.1, 0.15) is 17.3 Å². The molecule has 3 N–H and O–H groups in total. The van der Waals surface area contributed by atoms with Gasteiger partial charge in [-0.15, -0.1) is 0 Å². The summed E-state index contributed by atoms with van der Waals surface area (Å²) in [5.74, 6) is -0.581. The van der Waals surface area contributed by atoms with Crippen LogP contribution in [0.15, 0.2) is 73.1 Å². The highest BCUT2D eigenvalue weighted by molar-refractivity contribution is 6.01. The van der Waals surface area contributed by atoms with Gasteiger partial charge in [0.15, 0.2) is 0 Å². The van der Waals surface area contributed by atoms with E-state index in [1.165, 1.54) is 6.07 Å². The van der Waals surface area contributed by atoms with Crippen LogP contribution in [0.25, 0.3) is 55.4 Å². The predicted octanol–water partition coefficient (Wildman–Crippen LogP) is 5.62. The molecule has 32 heavy (non-hydrogen) atoms. The van der Waals surface area contributed by atoms with Crippen molar-refractivity contribution in [1.82, 2.24) is 25.0 Å². The summed E-state index contributed by atoms with van der Waals surface area (Å²) in [5.41, 5.74) is 7.02. The number of fused-ring (bicyclic) bond motifs is 2. The molecule has 0 unspecified atom stereocenters. The highest BCUT2D eigenvalue weighted by atomic mass is 19.1. The number of aromatic nitrogens is 5. The minimum Gasteiger partial charge on any atom is -0.508 e. The largest absolute Gasteiger partial charge is 0.508 e. The number of aromatic amines is 2. The molecule has 0 spiro atoms. The summed E-state index contributed by atoms with van der Waals surface area (Å²) in [5, 5.41) is 23.7. The van der Waals surface area contributed by atoms with Crippen LogP contribution in [0.1, 0.15) is 0 Å². The highest BCUT2D eigenvalue weighted by Crippen LogP contribution is 2.36. The van der Waals surface area contributed by atoms with Crippen molar-refractivity contribution < 1.29 is 9.50 Å². The lowest BCUT2D eigenvalue weighted by Gasteiger charge is -2.05. The number of hydrogen-bond donors (Lipinski definition) is 3. The van der Waals surface area contributed by atoms with E-state index in [0.29, 0.717) is 5.56 Å². The maximum atomic E-state index is 13.9. The van der Waals surface area contributed by atoms with E-state index in [0.717, 1.165) is 56.0 Å². The summed E-state index contributed by atoms with van der Waals surface area (Å²) in [6.07, 6.45) is 3.81. The van der Waals surface area contributed by atoms with Crippen molar-refractivity contribution in [3.05, 3.63) is 78.9 Å². The van der Waals surface area contributed by atoms with Crippen LogP contribution in [0.5, 0.6) is 5.75 Å². The standard InChI is InChI=1S/C25H18FN5O/c1-31-13-16(12-27-31)14-5-6-23-21(9-14)25(30-29-23)24-11-20-19(3-2-4-22(20)28-24)15-7-17(26)10-18(32)8-15/h2-13,28,32H,1H3,(H,29,30). The van der Waals surface area contributed by atoms with Gasteiger partial charge < -0.3 is 10.1 Å². The first kappa shape index (κ1) is 18.4. The summed E-state index contributed by atoms with van der Waals surface area (Å²) in [7, 11) is 1.89. The second-order valence-electron chi connectivity index (χ2n) is 7.88. The molecule has 3 heterocycles. The first-order valence-corrected chi connectivity index (χ1v) is 10.1. The first-order chi connectivity index (χ1) is 15.5. The van der Waals surface area contributed by atoms with Crippen LogP contribution in [0.4, 0.5) is 4.39 Å². The number of nitrogens with zero attached hydrogens (tertiary/aromatic N) is 3. The summed E-state index contributed by atoms with van der Waals surface area (Å²) in [4.78, 5) is 3.44. The number of aromatic hydroxyl groups is 1. The Balaban J connectivity index is 1.51. The number of benzene rings is 3. The average molecular weight is 423 g/mol. The zero-order valence-corrected chi connectivity index (χ0v) is 17.1. The van der Waals surface area contributed by atoms with Crippen molar-refractivity contribution in [3.8, 4) is 39.4 Å². The van der Waals surface area contributed by atoms with E-state index < -0.39 is 5.82 Å². The third kappa shape index (κ3) is 2.94. The molecule has 3 aromatic carbocycles. The minimum absolute atomic E-state index is 0.103. The van der Waals surface area contributed by atoms with Gasteiger partial charge in [0.2, 0.25) is 0 Å². The van der Waals surface area contributed by atoms with Crippen LogP contribution in [0.2, 0.25) is 0 Å². The fourth-order valence-corrected chi connectivity index (χ4v) is 4.23. The van der Waals surface area contributed by atoms with Crippen LogP contribution in [0.3, 0.4) is 0 Å². The van der Waals surface area contributed by atoms with E-state index in [9.17, 15) is 9.50 Å². The quantitative estimate of drug-likeness (QED) is 0.345. The molecule has 0 saturated heterocycles. The zero-order chi connectivity index (χ0) is 21.8. The van der Waals surface area contributed by atoms with Crippen molar-refractivity contribution >= 4 is 21.8 Å². The summed E-state index contributed by atoms with van der Waals surface area (Å²) >= 11 is 0. The highest BCUT2D eigenvalue weighted by Gasteiger charge is 2.15. The number of hydrogen-bond acceptors (Lipinski definition) is 3. The molecule has 0 amide bonds. The van der Waals surface area contributed by atoms with E-state index >= 15 is 0 Å². The van der Waals surface area contributed by atoms with Crippen molar-refractivity contribution in [2.45, 2.75) is 0 Å². The van der Waals surface area contributed by atoms with Gasteiger partial charge in [0, 0.05) is 41.2 Å². The molecular formula is C25H18FN5O. The Hall–Kier alpha value is -4.39. The fourth-order valence-electron chi connectivity index (χ4n) is 4.23. The van der Waals surface area contributed by atoms with E-state index in [-0.39, 0.29) is 5.75 Å². The van der Waals surface area contributed by atoms with Gasteiger partial charge in [-0.05, 0) is 53.1 Å². The molecule has 0 bridgehead atoms. The van der Waals surface area contributed by atoms with E-state index in [4.69, 9.17) is 0 Å². The average Bonchev–Trinajstić information content (AvgIpc) is 3.49. The summed E-state index contributed by atoms with van der Waals surface area (Å²) in [6.45, 7) is 0. The molecule has 0 atom stereocenters. The summed E-state index contributed by atoms with van der Waals surface area (Å²) < 4.78 is 15.7. The number of phenolic OH excluding ortho intramolecular Hbond substituents is 1. The lowest BCUT2D eigenvalue weighted by molar-refractivity contribution is 0.469. The molecule has 6 nitrogen and oxygen atoms in total. The third-order valence-electron chi connectivity index (χ3n) is 5.71. The normalized spacial score (nSPS) is 11.6. The zero-order valence-electron chi connectivity index (χ0n) is 17.1. The molecule has 3 aromatic heterocycles. The van der Waals surface area contributed by atoms with E-state index in [1.54, 1.807) is 10.7 Å². The van der Waals surface area contributed by atoms with Crippen LogP contribution < -0.4 is 0 Å². The number of nitrogens with one attached hydrogen (secondary N) is 2. The maximum absolute atomic E-state index is 13.9. The number of rotatable bonds is 3. The molecule has 0 saturated carbocycles. The number of H-pyrrole nitrogens is 2. The molecule has 6 aromatic rings. The van der Waals surface area contributed by atoms with Crippen LogP contribution in [0, 0.1) is 5.82 Å². The fraction of sp³-hybridized carbons (Fsp3) is 0.0400. The van der Waals surface area contributed by atoms with Gasteiger partial charge in [0.25, 0.3) is 0 Å². The molecule has 0 fully saturated rings. The molecule has 0 aliphatic carbocycles.